The maximum atomic E-state index is 13.2. The predicted octanol–water partition coefficient (Wildman–Crippen LogP) is 1.46. The van der Waals surface area contributed by atoms with Gasteiger partial charge in [0.15, 0.2) is 0 Å². The lowest BCUT2D eigenvalue weighted by Gasteiger charge is -2.20. The number of aromatic nitrogens is 1. The lowest BCUT2D eigenvalue weighted by atomic mass is 9.94. The summed E-state index contributed by atoms with van der Waals surface area (Å²) in [5, 5.41) is 10.3. The number of urea groups is 1. The average Bonchev–Trinajstić information content (AvgIpc) is 3.17. The van der Waals surface area contributed by atoms with Crippen LogP contribution in [0.25, 0.3) is 11.3 Å². The highest BCUT2D eigenvalue weighted by atomic mass is 32.2. The van der Waals surface area contributed by atoms with Crippen LogP contribution in [-0.2, 0) is 21.2 Å². The van der Waals surface area contributed by atoms with E-state index >= 15 is 0 Å². The minimum absolute atomic E-state index is 0.0596. The van der Waals surface area contributed by atoms with E-state index in [1.54, 1.807) is 12.1 Å². The molecule has 2 aromatic rings. The molecule has 1 saturated carbocycles. The van der Waals surface area contributed by atoms with Crippen LogP contribution in [0.3, 0.4) is 0 Å². The molecule has 2 unspecified atom stereocenters. The molecule has 4 N–H and O–H groups in total. The molecule has 2 heterocycles. The molecule has 1 aromatic carbocycles. The lowest BCUT2D eigenvalue weighted by molar-refractivity contribution is -0.123. The Morgan fingerprint density at radius 3 is 2.52 bits per heavy atom. The first-order valence-corrected chi connectivity index (χ1v) is 10.6. The van der Waals surface area contributed by atoms with Crippen molar-refractivity contribution in [2.45, 2.75) is 36.1 Å². The summed E-state index contributed by atoms with van der Waals surface area (Å²) >= 11 is 0. The maximum absolute atomic E-state index is 13.2. The van der Waals surface area contributed by atoms with Crippen LogP contribution >= 0.6 is 0 Å². The molecule has 10 heteroatoms. The van der Waals surface area contributed by atoms with Crippen LogP contribution in [0.2, 0.25) is 0 Å². The van der Waals surface area contributed by atoms with Gasteiger partial charge in [0.05, 0.1) is 11.4 Å². The molecule has 2 atom stereocenters. The Morgan fingerprint density at radius 2 is 1.90 bits per heavy atom. The number of imide groups is 1. The molecule has 0 radical (unpaired) electrons. The molecule has 1 saturated heterocycles. The van der Waals surface area contributed by atoms with Gasteiger partial charge in [-0.15, -0.1) is 0 Å². The van der Waals surface area contributed by atoms with Gasteiger partial charge >= 0.3 is 6.03 Å². The van der Waals surface area contributed by atoms with Gasteiger partial charge in [-0.05, 0) is 68.0 Å². The summed E-state index contributed by atoms with van der Waals surface area (Å²) in [6.07, 6.45) is 1.76. The first kappa shape index (κ1) is 19.5. The number of sulfonamides is 1. The fourth-order valence-corrected chi connectivity index (χ4v) is 4.83. The largest absolute Gasteiger partial charge is 0.323 e. The molecular formula is C19H19FN4O4S. The molecule has 3 amide bonds. The second-order valence-electron chi connectivity index (χ2n) is 7.50. The second kappa shape index (κ2) is 6.89. The van der Waals surface area contributed by atoms with Crippen molar-refractivity contribution < 1.29 is 22.4 Å². The smallest absolute Gasteiger partial charge is 0.322 e. The molecule has 1 aliphatic heterocycles. The molecule has 152 valence electrons. The number of amides is 3. The molecule has 1 spiro atoms. The van der Waals surface area contributed by atoms with E-state index in [4.69, 9.17) is 5.14 Å². The number of carbonyl (C=O) groups is 2. The number of rotatable bonds is 4. The third-order valence-corrected chi connectivity index (χ3v) is 6.48. The molecule has 8 nitrogen and oxygen atoms in total. The zero-order valence-electron chi connectivity index (χ0n) is 15.3. The lowest BCUT2D eigenvalue weighted by Crippen LogP contribution is -2.44. The molecule has 0 bridgehead atoms. The summed E-state index contributed by atoms with van der Waals surface area (Å²) in [7, 11) is -4.00. The number of nitrogens with zero attached hydrogens (tertiary/aromatic N) is 1. The van der Waals surface area contributed by atoms with Crippen molar-refractivity contribution in [2.75, 3.05) is 0 Å². The highest BCUT2D eigenvalue weighted by molar-refractivity contribution is 7.89. The summed E-state index contributed by atoms with van der Waals surface area (Å²) in [6.45, 7) is 0. The van der Waals surface area contributed by atoms with E-state index < -0.39 is 21.6 Å². The van der Waals surface area contributed by atoms with Crippen LogP contribution in [0.15, 0.2) is 41.3 Å². The van der Waals surface area contributed by atoms with E-state index in [0.29, 0.717) is 36.2 Å². The predicted molar refractivity (Wildman–Crippen MR) is 101 cm³/mol. The molecule has 29 heavy (non-hydrogen) atoms. The van der Waals surface area contributed by atoms with E-state index in [9.17, 15) is 22.4 Å². The number of hydrogen-bond donors (Lipinski definition) is 3. The number of primary sulfonamides is 1. The highest BCUT2D eigenvalue weighted by Crippen LogP contribution is 2.39. The summed E-state index contributed by atoms with van der Waals surface area (Å²) in [4.78, 5) is 28.1. The SMILES string of the molecule is NS(=O)(=O)c1ccc(-c2ccc(F)cc2)nc1CC1CCC2(C1)NC(=O)NC2=O. The third-order valence-electron chi connectivity index (χ3n) is 5.49. The summed E-state index contributed by atoms with van der Waals surface area (Å²) in [5.41, 5.74) is 0.477. The normalized spacial score (nSPS) is 24.0. The Hall–Kier alpha value is -2.85. The number of nitrogens with one attached hydrogen (secondary N) is 2. The topological polar surface area (TPSA) is 131 Å². The molecular weight excluding hydrogens is 399 g/mol. The van der Waals surface area contributed by atoms with Gasteiger partial charge < -0.3 is 5.32 Å². The first-order valence-electron chi connectivity index (χ1n) is 9.09. The maximum Gasteiger partial charge on any atom is 0.322 e. The Morgan fingerprint density at radius 1 is 1.17 bits per heavy atom. The van der Waals surface area contributed by atoms with Gasteiger partial charge in [-0.1, -0.05) is 0 Å². The van der Waals surface area contributed by atoms with Crippen molar-refractivity contribution in [1.82, 2.24) is 15.6 Å². The zero-order valence-corrected chi connectivity index (χ0v) is 16.1. The average molecular weight is 418 g/mol. The van der Waals surface area contributed by atoms with Gasteiger partial charge in [0.1, 0.15) is 16.3 Å². The highest BCUT2D eigenvalue weighted by Gasteiger charge is 2.51. The van der Waals surface area contributed by atoms with Crippen LogP contribution in [0.1, 0.15) is 25.0 Å². The number of hydrogen-bond acceptors (Lipinski definition) is 5. The van der Waals surface area contributed by atoms with Crippen LogP contribution in [0, 0.1) is 11.7 Å². The molecule has 4 rings (SSSR count). The van der Waals surface area contributed by atoms with Crippen LogP contribution in [0.5, 0.6) is 0 Å². The first-order chi connectivity index (χ1) is 13.7. The molecule has 2 fully saturated rings. The van der Waals surface area contributed by atoms with E-state index in [-0.39, 0.29) is 29.0 Å². The van der Waals surface area contributed by atoms with E-state index in [1.807, 2.05) is 0 Å². The third kappa shape index (κ3) is 3.73. The summed E-state index contributed by atoms with van der Waals surface area (Å²) < 4.78 is 37.3. The van der Waals surface area contributed by atoms with Gasteiger partial charge in [0.2, 0.25) is 10.0 Å². The monoisotopic (exact) mass is 418 g/mol. The van der Waals surface area contributed by atoms with E-state index in [1.165, 1.54) is 24.3 Å². The standard InChI is InChI=1S/C19H19FN4O4S/c20-13-3-1-12(2-4-13)14-5-6-16(29(21,27)28)15(22-14)9-11-7-8-19(10-11)17(25)23-18(26)24-19/h1-6,11H,7-10H2,(H2,21,27,28)(H2,23,24,25,26). The van der Waals surface area contributed by atoms with Crippen molar-refractivity contribution in [3.63, 3.8) is 0 Å². The van der Waals surface area contributed by atoms with E-state index in [0.717, 1.165) is 0 Å². The quantitative estimate of drug-likeness (QED) is 0.647. The van der Waals surface area contributed by atoms with Crippen molar-refractivity contribution in [2.24, 2.45) is 11.1 Å². The van der Waals surface area contributed by atoms with E-state index in [2.05, 4.69) is 15.6 Å². The minimum atomic E-state index is -4.00. The molecule has 1 aromatic heterocycles. The van der Waals surface area contributed by atoms with Crippen molar-refractivity contribution >= 4 is 22.0 Å². The number of pyridine rings is 1. The number of carbonyl (C=O) groups excluding carboxylic acids is 2. The van der Waals surface area contributed by atoms with Gasteiger partial charge in [0, 0.05) is 5.56 Å². The molecule has 1 aliphatic carbocycles. The number of halogens is 1. The van der Waals surface area contributed by atoms with Gasteiger partial charge in [-0.2, -0.15) is 0 Å². The zero-order chi connectivity index (χ0) is 20.8. The Kier molecular flexibility index (Phi) is 4.62. The fraction of sp³-hybridized carbons (Fsp3) is 0.316. The van der Waals surface area contributed by atoms with Crippen LogP contribution in [0.4, 0.5) is 9.18 Å². The fourth-order valence-electron chi connectivity index (χ4n) is 4.12. The van der Waals surface area contributed by atoms with Crippen molar-refractivity contribution in [3.8, 4) is 11.3 Å². The van der Waals surface area contributed by atoms with Gasteiger partial charge in [-0.3, -0.25) is 15.1 Å². The minimum Gasteiger partial charge on any atom is -0.323 e. The van der Waals surface area contributed by atoms with Crippen molar-refractivity contribution in [3.05, 3.63) is 47.9 Å². The second-order valence-corrected chi connectivity index (χ2v) is 9.03. The Labute approximate surface area is 166 Å². The molecule has 2 aliphatic rings. The Bertz CT molecular complexity index is 1100. The summed E-state index contributed by atoms with van der Waals surface area (Å²) in [6, 6.07) is 8.11. The Balaban J connectivity index is 1.65. The van der Waals surface area contributed by atoms with Crippen LogP contribution in [-0.4, -0.2) is 30.9 Å². The number of nitrogens with two attached hydrogens (primary N) is 1. The van der Waals surface area contributed by atoms with Crippen molar-refractivity contribution in [1.29, 1.82) is 0 Å². The van der Waals surface area contributed by atoms with Crippen LogP contribution < -0.4 is 15.8 Å². The van der Waals surface area contributed by atoms with Gasteiger partial charge in [0.25, 0.3) is 5.91 Å². The number of benzene rings is 1. The summed E-state index contributed by atoms with van der Waals surface area (Å²) in [5.74, 6) is -0.802. The van der Waals surface area contributed by atoms with Gasteiger partial charge in [-0.25, -0.2) is 22.7 Å².